The van der Waals surface area contributed by atoms with Crippen LogP contribution in [-0.2, 0) is 4.79 Å². The Kier molecular flexibility index (Phi) is 3.52. The second-order valence-electron chi connectivity index (χ2n) is 3.85. The number of pyridine rings is 2. The van der Waals surface area contributed by atoms with Crippen LogP contribution in [0.4, 0.5) is 5.69 Å². The van der Waals surface area contributed by atoms with Gasteiger partial charge in [-0.1, -0.05) is 6.07 Å². The number of carbonyl (C=O) groups is 1. The second kappa shape index (κ2) is 5.27. The fraction of sp³-hybridized carbons (Fsp3) is 0.154. The lowest BCUT2D eigenvalue weighted by Gasteiger charge is -2.11. The Labute approximate surface area is 105 Å². The summed E-state index contributed by atoms with van der Waals surface area (Å²) < 4.78 is 0. The van der Waals surface area contributed by atoms with Crippen LogP contribution in [0.3, 0.4) is 0 Å². The third-order valence-corrected chi connectivity index (χ3v) is 2.44. The number of anilines is 1. The van der Waals surface area contributed by atoms with Crippen molar-refractivity contribution in [1.29, 1.82) is 0 Å². The van der Waals surface area contributed by atoms with Crippen molar-refractivity contribution in [3.05, 3.63) is 42.7 Å². The first-order chi connectivity index (χ1) is 8.66. The molecule has 1 atom stereocenters. The molecule has 5 heteroatoms. The third-order valence-electron chi connectivity index (χ3n) is 2.44. The van der Waals surface area contributed by atoms with E-state index in [2.05, 4.69) is 15.3 Å². The van der Waals surface area contributed by atoms with E-state index in [9.17, 15) is 4.79 Å². The Morgan fingerprint density at radius 3 is 2.67 bits per heavy atom. The molecule has 0 aromatic carbocycles. The Morgan fingerprint density at radius 1 is 1.22 bits per heavy atom. The molecule has 0 spiro atoms. The van der Waals surface area contributed by atoms with Gasteiger partial charge in [-0.05, 0) is 31.2 Å². The molecule has 2 heterocycles. The monoisotopic (exact) mass is 243 g/mol. The maximum absolute atomic E-state index is 10.8. The fourth-order valence-corrected chi connectivity index (χ4v) is 1.49. The van der Waals surface area contributed by atoms with Gasteiger partial charge in [0.2, 0.25) is 0 Å². The lowest BCUT2D eigenvalue weighted by Crippen LogP contribution is -2.25. The van der Waals surface area contributed by atoms with Gasteiger partial charge in [0, 0.05) is 18.1 Å². The van der Waals surface area contributed by atoms with Crippen LogP contribution in [-0.4, -0.2) is 27.1 Å². The molecular formula is C13H13N3O2. The quantitative estimate of drug-likeness (QED) is 0.859. The van der Waals surface area contributed by atoms with Crippen LogP contribution in [0, 0.1) is 0 Å². The van der Waals surface area contributed by atoms with Crippen LogP contribution >= 0.6 is 0 Å². The SMILES string of the molecule is C[C@H](Nc1ccnc(-c2ccccn2)c1)C(=O)O. The Bertz CT molecular complexity index is 543. The van der Waals surface area contributed by atoms with Gasteiger partial charge in [-0.15, -0.1) is 0 Å². The van der Waals surface area contributed by atoms with Gasteiger partial charge in [-0.3, -0.25) is 14.8 Å². The molecule has 0 saturated heterocycles. The van der Waals surface area contributed by atoms with Gasteiger partial charge in [0.25, 0.3) is 0 Å². The van der Waals surface area contributed by atoms with Gasteiger partial charge >= 0.3 is 5.97 Å². The summed E-state index contributed by atoms with van der Waals surface area (Å²) in [5.74, 6) is -0.897. The van der Waals surface area contributed by atoms with Crippen LogP contribution in [0.2, 0.25) is 0 Å². The van der Waals surface area contributed by atoms with E-state index in [0.717, 1.165) is 5.69 Å². The maximum Gasteiger partial charge on any atom is 0.325 e. The molecule has 0 aliphatic carbocycles. The number of nitrogens with one attached hydrogen (secondary N) is 1. The zero-order valence-corrected chi connectivity index (χ0v) is 9.87. The minimum Gasteiger partial charge on any atom is -0.480 e. The van der Waals surface area contributed by atoms with Crippen molar-refractivity contribution in [3.8, 4) is 11.4 Å². The standard InChI is InChI=1S/C13H13N3O2/c1-9(13(17)18)16-10-5-7-15-12(8-10)11-4-2-3-6-14-11/h2-9H,1H3,(H,15,16)(H,17,18)/t9-/m0/s1. The molecule has 18 heavy (non-hydrogen) atoms. The average molecular weight is 243 g/mol. The topological polar surface area (TPSA) is 75.1 Å². The van der Waals surface area contributed by atoms with Crippen molar-refractivity contribution in [1.82, 2.24) is 9.97 Å². The van der Waals surface area contributed by atoms with Crippen LogP contribution in [0.15, 0.2) is 42.7 Å². The number of hydrogen-bond donors (Lipinski definition) is 2. The van der Waals surface area contributed by atoms with Crippen molar-refractivity contribution in [2.75, 3.05) is 5.32 Å². The number of aromatic nitrogens is 2. The van der Waals surface area contributed by atoms with Crippen molar-refractivity contribution < 1.29 is 9.90 Å². The van der Waals surface area contributed by atoms with Crippen LogP contribution in [0.1, 0.15) is 6.92 Å². The first-order valence-corrected chi connectivity index (χ1v) is 5.53. The van der Waals surface area contributed by atoms with Crippen molar-refractivity contribution in [2.45, 2.75) is 13.0 Å². The number of aliphatic carboxylic acids is 1. The summed E-state index contributed by atoms with van der Waals surface area (Å²) in [6, 6.07) is 8.42. The summed E-state index contributed by atoms with van der Waals surface area (Å²) >= 11 is 0. The van der Waals surface area contributed by atoms with Crippen LogP contribution < -0.4 is 5.32 Å². The molecule has 0 saturated carbocycles. The van der Waals surface area contributed by atoms with E-state index < -0.39 is 12.0 Å². The Hall–Kier alpha value is -2.43. The summed E-state index contributed by atoms with van der Waals surface area (Å²) in [7, 11) is 0. The number of hydrogen-bond acceptors (Lipinski definition) is 4. The van der Waals surface area contributed by atoms with Gasteiger partial charge in [0.1, 0.15) is 6.04 Å². The average Bonchev–Trinajstić information content (AvgIpc) is 2.40. The number of carboxylic acid groups (broad SMARTS) is 1. The lowest BCUT2D eigenvalue weighted by molar-refractivity contribution is -0.137. The van der Waals surface area contributed by atoms with E-state index in [4.69, 9.17) is 5.11 Å². The van der Waals surface area contributed by atoms with Crippen LogP contribution in [0.25, 0.3) is 11.4 Å². The molecule has 2 N–H and O–H groups in total. The summed E-state index contributed by atoms with van der Waals surface area (Å²) in [6.07, 6.45) is 3.32. The van der Waals surface area contributed by atoms with E-state index in [1.54, 1.807) is 31.5 Å². The smallest absolute Gasteiger partial charge is 0.325 e. The molecular weight excluding hydrogens is 230 g/mol. The van der Waals surface area contributed by atoms with Gasteiger partial charge in [0.15, 0.2) is 0 Å². The molecule has 5 nitrogen and oxygen atoms in total. The summed E-state index contributed by atoms with van der Waals surface area (Å²) in [5.41, 5.74) is 2.17. The van der Waals surface area contributed by atoms with Crippen molar-refractivity contribution in [3.63, 3.8) is 0 Å². The van der Waals surface area contributed by atoms with Crippen molar-refractivity contribution in [2.24, 2.45) is 0 Å². The van der Waals surface area contributed by atoms with Gasteiger partial charge in [-0.2, -0.15) is 0 Å². The van der Waals surface area contributed by atoms with E-state index in [1.807, 2.05) is 18.2 Å². The summed E-state index contributed by atoms with van der Waals surface area (Å²) in [6.45, 7) is 1.59. The van der Waals surface area contributed by atoms with E-state index in [0.29, 0.717) is 11.4 Å². The summed E-state index contributed by atoms with van der Waals surface area (Å²) in [4.78, 5) is 19.2. The highest BCUT2D eigenvalue weighted by molar-refractivity contribution is 5.77. The highest BCUT2D eigenvalue weighted by atomic mass is 16.4. The van der Waals surface area contributed by atoms with E-state index >= 15 is 0 Å². The minimum absolute atomic E-state index is 0.649. The molecule has 2 rings (SSSR count). The molecule has 0 amide bonds. The molecule has 2 aromatic rings. The Balaban J connectivity index is 2.23. The zero-order valence-electron chi connectivity index (χ0n) is 9.87. The molecule has 0 unspecified atom stereocenters. The molecule has 2 aromatic heterocycles. The predicted molar refractivity (Wildman–Crippen MR) is 68.2 cm³/mol. The normalized spacial score (nSPS) is 11.8. The summed E-state index contributed by atoms with van der Waals surface area (Å²) in [5, 5.41) is 11.7. The van der Waals surface area contributed by atoms with E-state index in [1.165, 1.54) is 0 Å². The first kappa shape index (κ1) is 12.0. The zero-order chi connectivity index (χ0) is 13.0. The molecule has 0 radical (unpaired) electrons. The van der Waals surface area contributed by atoms with Crippen molar-refractivity contribution >= 4 is 11.7 Å². The largest absolute Gasteiger partial charge is 0.480 e. The molecule has 92 valence electrons. The van der Waals surface area contributed by atoms with E-state index in [-0.39, 0.29) is 0 Å². The Morgan fingerprint density at radius 2 is 2.00 bits per heavy atom. The highest BCUT2D eigenvalue weighted by Crippen LogP contribution is 2.18. The van der Waals surface area contributed by atoms with Gasteiger partial charge in [0.05, 0.1) is 11.4 Å². The number of nitrogens with zero attached hydrogens (tertiary/aromatic N) is 2. The minimum atomic E-state index is -0.897. The predicted octanol–water partition coefficient (Wildman–Crippen LogP) is 2.03. The van der Waals surface area contributed by atoms with Gasteiger partial charge < -0.3 is 10.4 Å². The molecule has 0 fully saturated rings. The highest BCUT2D eigenvalue weighted by Gasteiger charge is 2.10. The second-order valence-corrected chi connectivity index (χ2v) is 3.85. The lowest BCUT2D eigenvalue weighted by atomic mass is 10.2. The number of rotatable bonds is 4. The van der Waals surface area contributed by atoms with Gasteiger partial charge in [-0.25, -0.2) is 0 Å². The molecule has 0 bridgehead atoms. The van der Waals surface area contributed by atoms with Crippen LogP contribution in [0.5, 0.6) is 0 Å². The maximum atomic E-state index is 10.8. The third kappa shape index (κ3) is 2.82. The first-order valence-electron chi connectivity index (χ1n) is 5.53. The molecule has 0 aliphatic rings. The fourth-order valence-electron chi connectivity index (χ4n) is 1.49. The number of carboxylic acids is 1. The molecule has 0 aliphatic heterocycles.